The zero-order valence-electron chi connectivity index (χ0n) is 22.3. The summed E-state index contributed by atoms with van der Waals surface area (Å²) >= 11 is 10.9. The molecule has 3 amide bonds. The first-order valence-electron chi connectivity index (χ1n) is 13.7. The lowest BCUT2D eigenvalue weighted by atomic mass is 9.89. The van der Waals surface area contributed by atoms with Crippen LogP contribution in [0, 0.1) is 5.92 Å². The molecule has 2 aromatic rings. The number of nitrogens with one attached hydrogen (secondary N) is 2. The van der Waals surface area contributed by atoms with Crippen molar-refractivity contribution in [2.45, 2.75) is 64.0 Å². The molecule has 208 valence electrons. The van der Waals surface area contributed by atoms with Crippen molar-refractivity contribution in [3.8, 4) is 11.5 Å². The van der Waals surface area contributed by atoms with Crippen molar-refractivity contribution in [3.05, 3.63) is 66.2 Å². The van der Waals surface area contributed by atoms with Gasteiger partial charge in [0.05, 0.1) is 11.6 Å². The summed E-state index contributed by atoms with van der Waals surface area (Å²) in [5.74, 6) is -1.00. The Morgan fingerprint density at radius 3 is 2.12 bits per heavy atom. The second-order valence-corrected chi connectivity index (χ2v) is 11.1. The molecule has 10 heteroatoms. The normalized spacial score (nSPS) is 23.9. The van der Waals surface area contributed by atoms with Gasteiger partial charge in [-0.05, 0) is 80.6 Å². The number of amides is 3. The smallest absolute Gasteiger partial charge is 0.269 e. The molecule has 2 atom stereocenters. The molecule has 40 heavy (non-hydrogen) atoms. The molecule has 2 heterocycles. The molecule has 2 aliphatic heterocycles. The third kappa shape index (κ3) is 5.93. The largest absolute Gasteiger partial charge is 0.457 e. The van der Waals surface area contributed by atoms with Gasteiger partial charge in [0, 0.05) is 12.1 Å². The molecule has 3 fully saturated rings. The Balaban J connectivity index is 1.38. The standard InChI is InChI=1S/C30H32N4O4S2/c1-19-24(26(35)31-29(39)33(19)20-10-6-3-2-4-7-11-20)18-25-27(36)32-30(40)34(28(25)37)21-14-16-23(17-15-21)38-22-12-8-5-9-13-22/h5,8-9,12-20,24H,2-4,6-7,10-11H2,1H3,(H,31,35,39)(H,32,36,40)/b25-18+. The molecule has 0 aromatic heterocycles. The van der Waals surface area contributed by atoms with Gasteiger partial charge in [-0.2, -0.15) is 0 Å². The first kappa shape index (κ1) is 27.9. The van der Waals surface area contributed by atoms with Crippen LogP contribution in [0.1, 0.15) is 51.9 Å². The van der Waals surface area contributed by atoms with E-state index in [0.29, 0.717) is 22.3 Å². The maximum atomic E-state index is 13.6. The van der Waals surface area contributed by atoms with Crippen molar-refractivity contribution in [2.24, 2.45) is 5.92 Å². The van der Waals surface area contributed by atoms with E-state index in [1.54, 1.807) is 24.3 Å². The Kier molecular flexibility index (Phi) is 8.56. The fourth-order valence-corrected chi connectivity index (χ4v) is 6.33. The molecular weight excluding hydrogens is 544 g/mol. The summed E-state index contributed by atoms with van der Waals surface area (Å²) < 4.78 is 5.84. The number of benzene rings is 2. The van der Waals surface area contributed by atoms with E-state index in [4.69, 9.17) is 29.2 Å². The van der Waals surface area contributed by atoms with Crippen LogP contribution in [0.15, 0.2) is 66.2 Å². The lowest BCUT2D eigenvalue weighted by Crippen LogP contribution is -2.62. The van der Waals surface area contributed by atoms with E-state index in [9.17, 15) is 14.4 Å². The summed E-state index contributed by atoms with van der Waals surface area (Å²) in [4.78, 5) is 43.1. The number of anilines is 1. The van der Waals surface area contributed by atoms with Gasteiger partial charge in [0.2, 0.25) is 5.91 Å². The maximum Gasteiger partial charge on any atom is 0.269 e. The van der Waals surface area contributed by atoms with Gasteiger partial charge in [0.1, 0.15) is 17.1 Å². The van der Waals surface area contributed by atoms with Crippen molar-refractivity contribution in [3.63, 3.8) is 0 Å². The van der Waals surface area contributed by atoms with Gasteiger partial charge in [-0.15, -0.1) is 0 Å². The SMILES string of the molecule is CC1C(/C=C2\C(=O)NC(=S)N(c3ccc(Oc4ccccc4)cc3)C2=O)C(=O)NC(=S)N1C1CCCCCCC1. The first-order valence-corrected chi connectivity index (χ1v) is 14.5. The maximum absolute atomic E-state index is 13.6. The second-order valence-electron chi connectivity index (χ2n) is 10.4. The number of carbonyl (C=O) groups excluding carboxylic acids is 3. The van der Waals surface area contributed by atoms with Crippen molar-refractivity contribution in [2.75, 3.05) is 4.90 Å². The highest BCUT2D eigenvalue weighted by molar-refractivity contribution is 7.80. The Morgan fingerprint density at radius 1 is 0.825 bits per heavy atom. The van der Waals surface area contributed by atoms with Crippen LogP contribution in [0.3, 0.4) is 0 Å². The van der Waals surface area contributed by atoms with Crippen molar-refractivity contribution < 1.29 is 19.1 Å². The summed E-state index contributed by atoms with van der Waals surface area (Å²) in [5.41, 5.74) is 0.343. The molecular formula is C30H32N4O4S2. The van der Waals surface area contributed by atoms with Gasteiger partial charge in [-0.25, -0.2) is 0 Å². The third-order valence-electron chi connectivity index (χ3n) is 7.72. The van der Waals surface area contributed by atoms with Crippen LogP contribution in [0.2, 0.25) is 0 Å². The summed E-state index contributed by atoms with van der Waals surface area (Å²) in [7, 11) is 0. The van der Waals surface area contributed by atoms with Gasteiger partial charge < -0.3 is 15.0 Å². The van der Waals surface area contributed by atoms with Crippen molar-refractivity contribution >= 4 is 58.1 Å². The number of nitrogens with zero attached hydrogens (tertiary/aromatic N) is 2. The third-order valence-corrected chi connectivity index (χ3v) is 8.31. The first-order chi connectivity index (χ1) is 19.3. The molecule has 8 nitrogen and oxygen atoms in total. The molecule has 2 saturated heterocycles. The molecule has 2 N–H and O–H groups in total. The monoisotopic (exact) mass is 576 g/mol. The Bertz CT molecular complexity index is 1340. The molecule has 2 unspecified atom stereocenters. The minimum atomic E-state index is -0.739. The highest BCUT2D eigenvalue weighted by Gasteiger charge is 2.42. The van der Waals surface area contributed by atoms with Gasteiger partial charge in [-0.1, -0.05) is 56.4 Å². The van der Waals surface area contributed by atoms with E-state index < -0.39 is 17.7 Å². The minimum absolute atomic E-state index is 0.0256. The van der Waals surface area contributed by atoms with Crippen LogP contribution in [-0.4, -0.2) is 44.9 Å². The van der Waals surface area contributed by atoms with Gasteiger partial charge >= 0.3 is 0 Å². The fraction of sp³-hybridized carbons (Fsp3) is 0.367. The van der Waals surface area contributed by atoms with Crippen LogP contribution in [-0.2, 0) is 14.4 Å². The van der Waals surface area contributed by atoms with Crippen LogP contribution in [0.25, 0.3) is 0 Å². The van der Waals surface area contributed by atoms with Crippen LogP contribution in [0.4, 0.5) is 5.69 Å². The highest BCUT2D eigenvalue weighted by Crippen LogP contribution is 2.31. The summed E-state index contributed by atoms with van der Waals surface area (Å²) in [5, 5.41) is 5.81. The van der Waals surface area contributed by atoms with Gasteiger partial charge in [0.15, 0.2) is 10.2 Å². The molecule has 0 spiro atoms. The van der Waals surface area contributed by atoms with Crippen LogP contribution in [0.5, 0.6) is 11.5 Å². The number of thiocarbonyl (C=S) groups is 2. The molecule has 0 bridgehead atoms. The predicted octanol–water partition coefficient (Wildman–Crippen LogP) is 4.99. The summed E-state index contributed by atoms with van der Waals surface area (Å²) in [6.45, 7) is 1.94. The Labute approximate surface area is 244 Å². The average Bonchev–Trinajstić information content (AvgIpc) is 2.90. The Morgan fingerprint density at radius 2 is 1.45 bits per heavy atom. The summed E-state index contributed by atoms with van der Waals surface area (Å²) in [6, 6.07) is 16.1. The zero-order chi connectivity index (χ0) is 28.2. The fourth-order valence-electron chi connectivity index (χ4n) is 5.64. The van der Waals surface area contributed by atoms with E-state index in [1.807, 2.05) is 37.3 Å². The van der Waals surface area contributed by atoms with E-state index in [2.05, 4.69) is 15.5 Å². The number of rotatable bonds is 5. The Hall–Kier alpha value is -3.63. The zero-order valence-corrected chi connectivity index (χ0v) is 23.9. The predicted molar refractivity (Wildman–Crippen MR) is 161 cm³/mol. The van der Waals surface area contributed by atoms with Crippen molar-refractivity contribution in [1.82, 2.24) is 15.5 Å². The topological polar surface area (TPSA) is 91.0 Å². The van der Waals surface area contributed by atoms with E-state index in [0.717, 1.165) is 25.7 Å². The van der Waals surface area contributed by atoms with Gasteiger partial charge in [0.25, 0.3) is 11.8 Å². The van der Waals surface area contributed by atoms with Crippen LogP contribution < -0.4 is 20.3 Å². The molecule has 3 aliphatic rings. The summed E-state index contributed by atoms with van der Waals surface area (Å²) in [6.07, 6.45) is 9.30. The molecule has 5 rings (SSSR count). The molecule has 1 aliphatic carbocycles. The number of hydrogen-bond donors (Lipinski definition) is 2. The lowest BCUT2D eigenvalue weighted by Gasteiger charge is -2.45. The lowest BCUT2D eigenvalue weighted by molar-refractivity contribution is -0.125. The quantitative estimate of drug-likeness (QED) is 0.295. The van der Waals surface area contributed by atoms with Gasteiger partial charge in [-0.3, -0.25) is 24.6 Å². The number of hydrogen-bond acceptors (Lipinski definition) is 6. The van der Waals surface area contributed by atoms with E-state index in [1.165, 1.54) is 30.2 Å². The van der Waals surface area contributed by atoms with E-state index in [-0.39, 0.29) is 28.7 Å². The highest BCUT2D eigenvalue weighted by atomic mass is 32.1. The number of carbonyl (C=O) groups is 3. The number of para-hydroxylation sites is 1. The minimum Gasteiger partial charge on any atom is -0.457 e. The molecule has 2 aromatic carbocycles. The van der Waals surface area contributed by atoms with Crippen LogP contribution >= 0.6 is 24.4 Å². The van der Waals surface area contributed by atoms with Crippen molar-refractivity contribution in [1.29, 1.82) is 0 Å². The molecule has 0 radical (unpaired) electrons. The average molecular weight is 577 g/mol. The second kappa shape index (κ2) is 12.3. The molecule has 1 saturated carbocycles. The van der Waals surface area contributed by atoms with E-state index >= 15 is 0 Å². The number of ether oxygens (including phenoxy) is 1.